The normalized spacial score (nSPS) is 17.0. The predicted octanol–water partition coefficient (Wildman–Crippen LogP) is 5.95. The number of sulfonamides is 1. The fourth-order valence-electron chi connectivity index (χ4n) is 5.93. The number of nitrogens with zero attached hydrogens (tertiary/aromatic N) is 3. The lowest BCUT2D eigenvalue weighted by Gasteiger charge is -2.26. The van der Waals surface area contributed by atoms with E-state index in [9.17, 15) is 13.2 Å². The number of amides is 1. The van der Waals surface area contributed by atoms with Crippen LogP contribution >= 0.6 is 0 Å². The number of carbonyl (C=O) groups excluding carboxylic acids is 1. The van der Waals surface area contributed by atoms with Gasteiger partial charge in [-0.3, -0.25) is 4.79 Å². The Morgan fingerprint density at radius 3 is 2.41 bits per heavy atom. The fraction of sp³-hybridized carbons (Fsp3) is 0.343. The molecule has 3 aromatic carbocycles. The zero-order valence-corrected chi connectivity index (χ0v) is 26.6. The first-order chi connectivity index (χ1) is 21.1. The van der Waals surface area contributed by atoms with Crippen LogP contribution in [0, 0.1) is 0 Å². The van der Waals surface area contributed by atoms with Gasteiger partial charge in [-0.15, -0.1) is 0 Å². The summed E-state index contributed by atoms with van der Waals surface area (Å²) in [7, 11) is -3.72. The van der Waals surface area contributed by atoms with E-state index in [1.54, 1.807) is 23.1 Å². The molecule has 230 valence electrons. The Labute approximate surface area is 259 Å². The highest BCUT2D eigenvalue weighted by molar-refractivity contribution is 7.89. The van der Waals surface area contributed by atoms with E-state index in [1.807, 2.05) is 49.5 Å². The van der Waals surface area contributed by atoms with Crippen LogP contribution < -0.4 is 9.64 Å². The van der Waals surface area contributed by atoms with Gasteiger partial charge in [-0.1, -0.05) is 51.1 Å². The molecule has 2 aliphatic heterocycles. The van der Waals surface area contributed by atoms with Crippen molar-refractivity contribution >= 4 is 44.2 Å². The quantitative estimate of drug-likeness (QED) is 0.230. The topological polar surface area (TPSA) is 81.1 Å². The molecule has 0 N–H and O–H groups in total. The van der Waals surface area contributed by atoms with Gasteiger partial charge in [0.05, 0.1) is 30.3 Å². The van der Waals surface area contributed by atoms with Gasteiger partial charge < -0.3 is 18.9 Å². The number of fused-ring (bicyclic) bond motifs is 2. The standard InChI is InChI=1S/C35H39N3O5S/c1-5-38-33-15-14-28(44(40,41)37-17-19-42-20-18-37)23-30(33)31(34(38)39)22-25-24-36(32-9-7-6-8-29(25)32)16-21-43-27-12-10-26(11-13-27)35(2,3)4/h6-15,22-24H,5,16-21H2,1-4H3/b31-22-. The lowest BCUT2D eigenvalue weighted by molar-refractivity contribution is -0.112. The molecular weight excluding hydrogens is 574 g/mol. The van der Waals surface area contributed by atoms with Crippen molar-refractivity contribution in [3.63, 3.8) is 0 Å². The molecule has 4 aromatic rings. The van der Waals surface area contributed by atoms with Crippen LogP contribution in [0.3, 0.4) is 0 Å². The van der Waals surface area contributed by atoms with Gasteiger partial charge in [0, 0.05) is 53.4 Å². The van der Waals surface area contributed by atoms with Crippen molar-refractivity contribution in [2.45, 2.75) is 44.6 Å². The number of ether oxygens (including phenoxy) is 2. The third kappa shape index (κ3) is 5.67. The molecule has 0 atom stereocenters. The van der Waals surface area contributed by atoms with Crippen LogP contribution in [0.25, 0.3) is 22.6 Å². The SMILES string of the molecule is CCN1C(=O)/C(=C\c2cn(CCOc3ccc(C(C)(C)C)cc3)c3ccccc23)c2cc(S(=O)(=O)N3CCOCC3)ccc21. The lowest BCUT2D eigenvalue weighted by atomic mass is 9.87. The smallest absolute Gasteiger partial charge is 0.258 e. The number of hydrogen-bond donors (Lipinski definition) is 0. The molecule has 2 aliphatic rings. The molecular formula is C35H39N3O5S. The predicted molar refractivity (Wildman–Crippen MR) is 174 cm³/mol. The first-order valence-corrected chi connectivity index (χ1v) is 16.6. The van der Waals surface area contributed by atoms with Crippen molar-refractivity contribution in [2.75, 3.05) is 44.4 Å². The third-order valence-corrected chi connectivity index (χ3v) is 10.3. The second-order valence-electron chi connectivity index (χ2n) is 12.2. The maximum atomic E-state index is 13.7. The van der Waals surface area contributed by atoms with Crippen LogP contribution in [0.1, 0.15) is 44.4 Å². The molecule has 6 rings (SSSR count). The summed E-state index contributed by atoms with van der Waals surface area (Å²) in [5, 5.41) is 1.01. The largest absolute Gasteiger partial charge is 0.492 e. The first-order valence-electron chi connectivity index (χ1n) is 15.1. The molecule has 9 heteroatoms. The molecule has 8 nitrogen and oxygen atoms in total. The minimum atomic E-state index is -3.72. The van der Waals surface area contributed by atoms with Crippen molar-refractivity contribution in [1.82, 2.24) is 8.87 Å². The number of rotatable bonds is 8. The number of aromatic nitrogens is 1. The number of anilines is 1. The van der Waals surface area contributed by atoms with Gasteiger partial charge in [-0.05, 0) is 60.4 Å². The number of likely N-dealkylation sites (N-methyl/N-ethyl adjacent to an activating group) is 1. The molecule has 1 fully saturated rings. The highest BCUT2D eigenvalue weighted by Gasteiger charge is 2.34. The van der Waals surface area contributed by atoms with Crippen LogP contribution in [0.5, 0.6) is 5.75 Å². The summed E-state index contributed by atoms with van der Waals surface area (Å²) in [4.78, 5) is 15.6. The maximum Gasteiger partial charge on any atom is 0.258 e. The molecule has 3 heterocycles. The minimum absolute atomic E-state index is 0.0848. The van der Waals surface area contributed by atoms with Gasteiger partial charge in [0.15, 0.2) is 0 Å². The fourth-order valence-corrected chi connectivity index (χ4v) is 7.36. The summed E-state index contributed by atoms with van der Waals surface area (Å²) in [6.45, 7) is 11.5. The van der Waals surface area contributed by atoms with Gasteiger partial charge in [0.2, 0.25) is 10.0 Å². The van der Waals surface area contributed by atoms with Gasteiger partial charge in [0.1, 0.15) is 12.4 Å². The maximum absolute atomic E-state index is 13.7. The van der Waals surface area contributed by atoms with Crippen LogP contribution in [0.15, 0.2) is 77.8 Å². The van der Waals surface area contributed by atoms with E-state index in [1.165, 1.54) is 9.87 Å². The molecule has 0 spiro atoms. The Balaban J connectivity index is 1.31. The van der Waals surface area contributed by atoms with E-state index in [0.29, 0.717) is 57.1 Å². The van der Waals surface area contributed by atoms with E-state index in [2.05, 4.69) is 43.5 Å². The van der Waals surface area contributed by atoms with Crippen molar-refractivity contribution in [2.24, 2.45) is 0 Å². The van der Waals surface area contributed by atoms with Crippen molar-refractivity contribution < 1.29 is 22.7 Å². The zero-order chi connectivity index (χ0) is 31.1. The molecule has 1 saturated heterocycles. The Bertz CT molecular complexity index is 1830. The van der Waals surface area contributed by atoms with Crippen LogP contribution in [-0.2, 0) is 31.5 Å². The second kappa shape index (κ2) is 11.9. The molecule has 44 heavy (non-hydrogen) atoms. The average molecular weight is 614 g/mol. The highest BCUT2D eigenvalue weighted by Crippen LogP contribution is 2.40. The van der Waals surface area contributed by atoms with Gasteiger partial charge in [0.25, 0.3) is 5.91 Å². The summed E-state index contributed by atoms with van der Waals surface area (Å²) in [5.41, 5.74) is 5.11. The Morgan fingerprint density at radius 1 is 0.977 bits per heavy atom. The molecule has 0 bridgehead atoms. The number of benzene rings is 3. The van der Waals surface area contributed by atoms with Crippen LogP contribution in [-0.4, -0.2) is 62.7 Å². The number of morpholine rings is 1. The Morgan fingerprint density at radius 2 is 1.70 bits per heavy atom. The Hall–Kier alpha value is -3.92. The molecule has 0 saturated carbocycles. The van der Waals surface area contributed by atoms with Crippen molar-refractivity contribution in [3.05, 3.63) is 89.6 Å². The van der Waals surface area contributed by atoms with E-state index in [4.69, 9.17) is 9.47 Å². The van der Waals surface area contributed by atoms with Crippen molar-refractivity contribution in [1.29, 1.82) is 0 Å². The van der Waals surface area contributed by atoms with Gasteiger partial charge in [-0.2, -0.15) is 4.31 Å². The molecule has 0 radical (unpaired) electrons. The summed E-state index contributed by atoms with van der Waals surface area (Å²) in [6, 6.07) is 21.3. The van der Waals surface area contributed by atoms with Crippen molar-refractivity contribution in [3.8, 4) is 5.75 Å². The molecule has 0 unspecified atom stereocenters. The number of hydrogen-bond acceptors (Lipinski definition) is 5. The average Bonchev–Trinajstić information content (AvgIpc) is 3.50. The summed E-state index contributed by atoms with van der Waals surface area (Å²) in [6.07, 6.45) is 3.94. The minimum Gasteiger partial charge on any atom is -0.492 e. The number of para-hydroxylation sites is 1. The van der Waals surface area contributed by atoms with E-state index >= 15 is 0 Å². The molecule has 1 amide bonds. The second-order valence-corrected chi connectivity index (χ2v) is 14.2. The molecule has 0 aliphatic carbocycles. The van der Waals surface area contributed by atoms with Gasteiger partial charge >= 0.3 is 0 Å². The highest BCUT2D eigenvalue weighted by atomic mass is 32.2. The molecule has 1 aromatic heterocycles. The number of carbonyl (C=O) groups is 1. The van der Waals surface area contributed by atoms with E-state index in [-0.39, 0.29) is 16.2 Å². The first kappa shape index (κ1) is 30.1. The van der Waals surface area contributed by atoms with E-state index < -0.39 is 10.0 Å². The lowest BCUT2D eigenvalue weighted by Crippen LogP contribution is -2.40. The van der Waals surface area contributed by atoms with E-state index in [0.717, 1.165) is 27.9 Å². The zero-order valence-electron chi connectivity index (χ0n) is 25.7. The monoisotopic (exact) mass is 613 g/mol. The summed E-state index contributed by atoms with van der Waals surface area (Å²) in [5.74, 6) is 0.690. The van der Waals surface area contributed by atoms with Gasteiger partial charge in [-0.25, -0.2) is 8.42 Å². The Kier molecular flexibility index (Phi) is 8.13. The van der Waals surface area contributed by atoms with Crippen LogP contribution in [0.2, 0.25) is 0 Å². The summed E-state index contributed by atoms with van der Waals surface area (Å²) < 4.78 is 42.0. The summed E-state index contributed by atoms with van der Waals surface area (Å²) >= 11 is 0. The third-order valence-electron chi connectivity index (χ3n) is 8.39. The van der Waals surface area contributed by atoms with Crippen LogP contribution in [0.4, 0.5) is 5.69 Å².